The Kier molecular flexibility index (Phi) is 2.99. The molecule has 4 heteroatoms. The molecule has 3 aromatic rings. The van der Waals surface area contributed by atoms with E-state index in [9.17, 15) is 0 Å². The van der Waals surface area contributed by atoms with Gasteiger partial charge >= 0.3 is 0 Å². The normalized spacial score (nSPS) is 11.5. The lowest BCUT2D eigenvalue weighted by atomic mass is 9.87. The maximum atomic E-state index is 9.10. The zero-order valence-electron chi connectivity index (χ0n) is 12.3. The molecule has 1 aromatic carbocycles. The minimum absolute atomic E-state index is 0.124. The Labute approximate surface area is 123 Å². The molecule has 2 aromatic heterocycles. The Hall–Kier alpha value is -2.67. The molecule has 104 valence electrons. The second-order valence-electron chi connectivity index (χ2n) is 6.06. The van der Waals surface area contributed by atoms with Gasteiger partial charge in [-0.25, -0.2) is 9.50 Å². The molecule has 0 radical (unpaired) electrons. The summed E-state index contributed by atoms with van der Waals surface area (Å²) in [5, 5.41) is 13.5. The second kappa shape index (κ2) is 4.71. The molecule has 4 nitrogen and oxygen atoms in total. The number of nitrogens with zero attached hydrogens (tertiary/aromatic N) is 4. The fourth-order valence-electron chi connectivity index (χ4n) is 2.23. The second-order valence-corrected chi connectivity index (χ2v) is 6.06. The van der Waals surface area contributed by atoms with Gasteiger partial charge < -0.3 is 0 Å². The van der Waals surface area contributed by atoms with Crippen molar-refractivity contribution in [1.82, 2.24) is 14.6 Å². The summed E-state index contributed by atoms with van der Waals surface area (Å²) in [4.78, 5) is 4.48. The summed E-state index contributed by atoms with van der Waals surface area (Å²) in [5.74, 6) is 0.637. The van der Waals surface area contributed by atoms with E-state index in [1.54, 1.807) is 10.6 Å². The SMILES string of the molecule is CC(C)(C)c1ccc(-c2nc3cccc(C#N)n3n2)cc1. The summed E-state index contributed by atoms with van der Waals surface area (Å²) in [6.45, 7) is 6.55. The van der Waals surface area contributed by atoms with E-state index >= 15 is 0 Å². The molecule has 2 heterocycles. The van der Waals surface area contributed by atoms with Crippen LogP contribution in [0.1, 0.15) is 32.0 Å². The summed E-state index contributed by atoms with van der Waals surface area (Å²) in [7, 11) is 0. The highest BCUT2D eigenvalue weighted by Gasteiger charge is 2.14. The Bertz CT molecular complexity index is 830. The first-order valence-electron chi connectivity index (χ1n) is 6.86. The van der Waals surface area contributed by atoms with Crippen LogP contribution >= 0.6 is 0 Å². The van der Waals surface area contributed by atoms with Crippen molar-refractivity contribution < 1.29 is 0 Å². The molecule has 0 fully saturated rings. The Morgan fingerprint density at radius 3 is 2.38 bits per heavy atom. The van der Waals surface area contributed by atoms with Gasteiger partial charge in [-0.2, -0.15) is 5.26 Å². The number of pyridine rings is 1. The van der Waals surface area contributed by atoms with Crippen molar-refractivity contribution in [2.45, 2.75) is 26.2 Å². The van der Waals surface area contributed by atoms with Crippen molar-refractivity contribution in [2.75, 3.05) is 0 Å². The van der Waals surface area contributed by atoms with Gasteiger partial charge in [0.2, 0.25) is 0 Å². The molecule has 0 aliphatic rings. The summed E-state index contributed by atoms with van der Waals surface area (Å²) >= 11 is 0. The number of hydrogen-bond acceptors (Lipinski definition) is 3. The van der Waals surface area contributed by atoms with Crippen molar-refractivity contribution in [3.8, 4) is 17.5 Å². The van der Waals surface area contributed by atoms with Gasteiger partial charge in [0.25, 0.3) is 0 Å². The van der Waals surface area contributed by atoms with Crippen LogP contribution in [0.5, 0.6) is 0 Å². The third-order valence-corrected chi connectivity index (χ3v) is 3.48. The Balaban J connectivity index is 2.07. The average Bonchev–Trinajstić information content (AvgIpc) is 2.90. The highest BCUT2D eigenvalue weighted by atomic mass is 15.3. The fourth-order valence-corrected chi connectivity index (χ4v) is 2.23. The van der Waals surface area contributed by atoms with Gasteiger partial charge in [-0.1, -0.05) is 51.1 Å². The van der Waals surface area contributed by atoms with Crippen LogP contribution in [0, 0.1) is 11.3 Å². The molecule has 0 unspecified atom stereocenters. The maximum absolute atomic E-state index is 9.10. The lowest BCUT2D eigenvalue weighted by molar-refractivity contribution is 0.590. The number of fused-ring (bicyclic) bond motifs is 1. The van der Waals surface area contributed by atoms with Gasteiger partial charge in [-0.15, -0.1) is 5.10 Å². The van der Waals surface area contributed by atoms with Gasteiger partial charge in [-0.3, -0.25) is 0 Å². The molecular formula is C17H16N4. The standard InChI is InChI=1S/C17H16N4/c1-17(2,3)13-9-7-12(8-10-13)16-19-15-6-4-5-14(11-18)21(15)20-16/h4-10H,1-3H3. The zero-order valence-corrected chi connectivity index (χ0v) is 12.3. The van der Waals surface area contributed by atoms with Gasteiger partial charge in [0.05, 0.1) is 0 Å². The van der Waals surface area contributed by atoms with Gasteiger partial charge in [0.15, 0.2) is 11.5 Å². The maximum Gasteiger partial charge on any atom is 0.182 e. The molecule has 0 saturated carbocycles. The van der Waals surface area contributed by atoms with Crippen LogP contribution in [0.3, 0.4) is 0 Å². The molecular weight excluding hydrogens is 260 g/mol. The van der Waals surface area contributed by atoms with Crippen LogP contribution < -0.4 is 0 Å². The van der Waals surface area contributed by atoms with Crippen LogP contribution in [0.15, 0.2) is 42.5 Å². The molecule has 0 bridgehead atoms. The van der Waals surface area contributed by atoms with Gasteiger partial charge in [-0.05, 0) is 23.1 Å². The Morgan fingerprint density at radius 2 is 1.76 bits per heavy atom. The number of rotatable bonds is 1. The van der Waals surface area contributed by atoms with Crippen molar-refractivity contribution in [3.05, 3.63) is 53.7 Å². The molecule has 0 N–H and O–H groups in total. The van der Waals surface area contributed by atoms with Crippen molar-refractivity contribution >= 4 is 5.65 Å². The van der Waals surface area contributed by atoms with E-state index < -0.39 is 0 Å². The molecule has 0 saturated heterocycles. The predicted molar refractivity (Wildman–Crippen MR) is 81.8 cm³/mol. The fraction of sp³-hybridized carbons (Fsp3) is 0.235. The molecule has 0 atom stereocenters. The van der Waals surface area contributed by atoms with Crippen LogP contribution in [0.4, 0.5) is 0 Å². The summed E-state index contributed by atoms with van der Waals surface area (Å²) < 4.78 is 1.58. The third kappa shape index (κ3) is 2.38. The first-order chi connectivity index (χ1) is 9.99. The molecule has 0 amide bonds. The highest BCUT2D eigenvalue weighted by molar-refractivity contribution is 5.59. The lowest BCUT2D eigenvalue weighted by Gasteiger charge is -2.18. The molecule has 0 spiro atoms. The number of benzene rings is 1. The van der Waals surface area contributed by atoms with E-state index in [2.05, 4.69) is 49.1 Å². The lowest BCUT2D eigenvalue weighted by Crippen LogP contribution is -2.10. The zero-order chi connectivity index (χ0) is 15.0. The summed E-state index contributed by atoms with van der Waals surface area (Å²) in [6, 6.07) is 15.8. The molecule has 0 aliphatic carbocycles. The number of hydrogen-bond donors (Lipinski definition) is 0. The van der Waals surface area contributed by atoms with Crippen molar-refractivity contribution in [3.63, 3.8) is 0 Å². The monoisotopic (exact) mass is 276 g/mol. The summed E-state index contributed by atoms with van der Waals surface area (Å²) in [5.41, 5.74) is 3.52. The molecule has 0 aliphatic heterocycles. The number of aromatic nitrogens is 3. The predicted octanol–water partition coefficient (Wildman–Crippen LogP) is 3.57. The van der Waals surface area contributed by atoms with E-state index in [1.165, 1.54) is 5.56 Å². The van der Waals surface area contributed by atoms with Gasteiger partial charge in [0.1, 0.15) is 11.8 Å². The summed E-state index contributed by atoms with van der Waals surface area (Å²) in [6.07, 6.45) is 0. The van der Waals surface area contributed by atoms with Crippen LogP contribution in [-0.2, 0) is 5.41 Å². The van der Waals surface area contributed by atoms with E-state index in [0.717, 1.165) is 5.56 Å². The van der Waals surface area contributed by atoms with Crippen LogP contribution in [-0.4, -0.2) is 14.6 Å². The van der Waals surface area contributed by atoms with Crippen molar-refractivity contribution in [1.29, 1.82) is 5.26 Å². The van der Waals surface area contributed by atoms with Crippen LogP contribution in [0.2, 0.25) is 0 Å². The molecule has 3 rings (SSSR count). The first kappa shape index (κ1) is 13.3. The molecule has 21 heavy (non-hydrogen) atoms. The highest BCUT2D eigenvalue weighted by Crippen LogP contribution is 2.25. The van der Waals surface area contributed by atoms with Gasteiger partial charge in [0, 0.05) is 5.56 Å². The quantitative estimate of drug-likeness (QED) is 0.682. The van der Waals surface area contributed by atoms with E-state index in [1.807, 2.05) is 24.3 Å². The average molecular weight is 276 g/mol. The number of nitriles is 1. The minimum Gasteiger partial charge on any atom is -0.207 e. The van der Waals surface area contributed by atoms with E-state index in [0.29, 0.717) is 17.2 Å². The van der Waals surface area contributed by atoms with Crippen LogP contribution in [0.25, 0.3) is 17.0 Å². The topological polar surface area (TPSA) is 54.0 Å². The smallest absolute Gasteiger partial charge is 0.182 e. The Morgan fingerprint density at radius 1 is 1.05 bits per heavy atom. The first-order valence-corrected chi connectivity index (χ1v) is 6.86. The third-order valence-electron chi connectivity index (χ3n) is 3.48. The minimum atomic E-state index is 0.124. The van der Waals surface area contributed by atoms with E-state index in [-0.39, 0.29) is 5.41 Å². The largest absolute Gasteiger partial charge is 0.207 e. The van der Waals surface area contributed by atoms with Crippen molar-refractivity contribution in [2.24, 2.45) is 0 Å². The van der Waals surface area contributed by atoms with E-state index in [4.69, 9.17) is 5.26 Å².